The minimum atomic E-state index is -0.789. The zero-order chi connectivity index (χ0) is 53.9. The van der Waals surface area contributed by atoms with E-state index in [9.17, 15) is 30.1 Å². The van der Waals surface area contributed by atoms with E-state index in [1.165, 1.54) is 62.0 Å². The summed E-state index contributed by atoms with van der Waals surface area (Å²) in [6.07, 6.45) is 6.12. The molecule has 8 aromatic rings. The molecule has 3 heterocycles. The highest BCUT2D eigenvalue weighted by Gasteiger charge is 2.59. The number of aryl methyl sites for hydroxylation is 1. The van der Waals surface area contributed by atoms with Crippen molar-refractivity contribution in [3.63, 3.8) is 0 Å². The van der Waals surface area contributed by atoms with Gasteiger partial charge in [-0.25, -0.2) is 0 Å². The molecule has 12 heteroatoms. The number of nitro groups is 2. The van der Waals surface area contributed by atoms with Crippen molar-refractivity contribution in [2.45, 2.75) is 76.6 Å². The van der Waals surface area contributed by atoms with Crippen molar-refractivity contribution in [2.75, 3.05) is 16.1 Å². The quantitative estimate of drug-likeness (QED) is 0.0609. The molecule has 0 amide bonds. The maximum absolute atomic E-state index is 11.4. The summed E-state index contributed by atoms with van der Waals surface area (Å²) in [5, 5.41) is 31.3. The number of phenolic OH excluding ortho intramolecular Hbond substituents is 1. The maximum Gasteiger partial charge on any atom is 0.271 e. The summed E-state index contributed by atoms with van der Waals surface area (Å²) < 4.78 is 6.94. The summed E-state index contributed by atoms with van der Waals surface area (Å²) >= 11 is 1.14. The number of non-ortho nitro benzene ring substituents is 2. The van der Waals surface area contributed by atoms with E-state index in [4.69, 9.17) is 4.74 Å². The lowest BCUT2D eigenvalue weighted by Gasteiger charge is -2.47. The number of nitro benzene ring substituents is 2. The maximum atomic E-state index is 11.4. The molecule has 0 saturated heterocycles. The zero-order valence-corrected chi connectivity index (χ0v) is 44.1. The van der Waals surface area contributed by atoms with Gasteiger partial charge in [0.05, 0.1) is 25.7 Å². The normalized spacial score (nSPS) is 15.8. The van der Waals surface area contributed by atoms with Gasteiger partial charge in [-0.1, -0.05) is 173 Å². The van der Waals surface area contributed by atoms with Crippen molar-refractivity contribution in [2.24, 2.45) is 0 Å². The molecule has 0 aliphatic carbocycles. The first-order valence-electron chi connectivity index (χ1n) is 24.9. The number of aromatic hydroxyl groups is 1. The van der Waals surface area contributed by atoms with Crippen LogP contribution in [0.1, 0.15) is 78.9 Å². The number of rotatable bonds is 10. The van der Waals surface area contributed by atoms with Crippen LogP contribution in [0.2, 0.25) is 0 Å². The van der Waals surface area contributed by atoms with Crippen LogP contribution in [0.5, 0.6) is 11.5 Å². The number of carbonyl (C=O) groups is 1. The van der Waals surface area contributed by atoms with Gasteiger partial charge < -0.3 is 19.6 Å². The highest BCUT2D eigenvalue weighted by atomic mass is 32.2. The predicted molar refractivity (Wildman–Crippen MR) is 313 cm³/mol. The lowest BCUT2D eigenvalue weighted by molar-refractivity contribution is -0.385. The molecule has 0 bridgehead atoms. The number of hydrogen-bond donors (Lipinski definition) is 1. The van der Waals surface area contributed by atoms with E-state index in [0.717, 1.165) is 41.2 Å². The summed E-state index contributed by atoms with van der Waals surface area (Å²) in [7, 11) is 0. The van der Waals surface area contributed by atoms with E-state index in [1.54, 1.807) is 18.4 Å². The highest BCUT2D eigenvalue weighted by molar-refractivity contribution is 7.98. The number of nitrogens with zero attached hydrogens (tertiary/aromatic N) is 4. The van der Waals surface area contributed by atoms with Crippen LogP contribution in [-0.4, -0.2) is 33.2 Å². The number of anilines is 2. The van der Waals surface area contributed by atoms with Gasteiger partial charge in [-0.15, -0.1) is 11.8 Å². The molecule has 11 rings (SSSR count). The lowest BCUT2D eigenvalue weighted by atomic mass is 9.76. The summed E-state index contributed by atoms with van der Waals surface area (Å²) in [5.41, 5.74) is 13.6. The Kier molecular flexibility index (Phi) is 15.7. The van der Waals surface area contributed by atoms with Crippen molar-refractivity contribution in [1.29, 1.82) is 0 Å². The topological polar surface area (TPSA) is 139 Å². The van der Waals surface area contributed by atoms with Gasteiger partial charge in [-0.2, -0.15) is 0 Å². The number of para-hydroxylation sites is 2. The molecule has 390 valence electrons. The molecular weight excluding hydrogens is 981 g/mol. The highest BCUT2D eigenvalue weighted by Crippen LogP contribution is 2.56. The smallest absolute Gasteiger partial charge is 0.271 e. The van der Waals surface area contributed by atoms with E-state index in [-0.39, 0.29) is 45.9 Å². The van der Waals surface area contributed by atoms with Crippen LogP contribution in [0.15, 0.2) is 205 Å². The molecule has 77 heavy (non-hydrogen) atoms. The van der Waals surface area contributed by atoms with Gasteiger partial charge >= 0.3 is 0 Å². The van der Waals surface area contributed by atoms with Crippen molar-refractivity contribution in [3.05, 3.63) is 260 Å². The molecule has 3 aliphatic rings. The number of aldehydes is 1. The Hall–Kier alpha value is -8.74. The second-order valence-corrected chi connectivity index (χ2v) is 20.9. The molecule has 1 atom stereocenters. The minimum Gasteiger partial charge on any atom is -0.506 e. The van der Waals surface area contributed by atoms with Crippen LogP contribution in [0.4, 0.5) is 22.7 Å². The molecule has 0 radical (unpaired) electrons. The minimum absolute atomic E-state index is 0. The largest absolute Gasteiger partial charge is 0.506 e. The summed E-state index contributed by atoms with van der Waals surface area (Å²) in [5.74, 6) is 0.483. The van der Waals surface area contributed by atoms with E-state index < -0.39 is 10.6 Å². The molecule has 11 nitrogen and oxygen atoms in total. The fraction of sp³-hybridized carbons (Fsp3) is 0.185. The number of benzene rings is 8. The van der Waals surface area contributed by atoms with Gasteiger partial charge in [0, 0.05) is 65.4 Å². The first-order chi connectivity index (χ1) is 36.5. The third kappa shape index (κ3) is 10.5. The first-order valence-corrected chi connectivity index (χ1v) is 26.1. The van der Waals surface area contributed by atoms with Crippen LogP contribution < -0.4 is 14.5 Å². The molecular formula is C65H62N4O7S. The Balaban J connectivity index is 0.000000169. The Morgan fingerprint density at radius 3 is 1.69 bits per heavy atom. The van der Waals surface area contributed by atoms with Crippen molar-refractivity contribution in [3.8, 4) is 33.8 Å². The van der Waals surface area contributed by atoms with E-state index in [2.05, 4.69) is 202 Å². The van der Waals surface area contributed by atoms with Gasteiger partial charge in [-0.3, -0.25) is 25.0 Å². The third-order valence-electron chi connectivity index (χ3n) is 14.8. The number of phenols is 1. The fourth-order valence-corrected chi connectivity index (χ4v) is 11.0. The Morgan fingerprint density at radius 1 is 0.649 bits per heavy atom. The molecule has 0 fully saturated rings. The molecule has 3 aliphatic heterocycles. The third-order valence-corrected chi connectivity index (χ3v) is 15.5. The van der Waals surface area contributed by atoms with Crippen LogP contribution in [-0.2, 0) is 23.9 Å². The predicted octanol–water partition coefficient (Wildman–Crippen LogP) is 16.3. The van der Waals surface area contributed by atoms with E-state index in [1.807, 2.05) is 19.1 Å². The summed E-state index contributed by atoms with van der Waals surface area (Å²) in [6, 6.07) is 61.0. The Labute approximate surface area is 455 Å². The lowest BCUT2D eigenvalue weighted by Crippen LogP contribution is -2.59. The Bertz CT molecular complexity index is 3530. The van der Waals surface area contributed by atoms with E-state index in [0.29, 0.717) is 23.5 Å². The number of fused-ring (bicyclic) bond motifs is 3. The average molecular weight is 1040 g/mol. The first kappa shape index (κ1) is 54.5. The number of allylic oxidation sites excluding steroid dienone is 1. The molecule has 0 aromatic heterocycles. The summed E-state index contributed by atoms with van der Waals surface area (Å²) in [4.78, 5) is 36.4. The average Bonchev–Trinajstić information content (AvgIpc) is 3.90. The molecule has 1 spiro atoms. The SMILES string of the molecule is C.C=C1N(Cc2ccc(-c3ccccc3)cc2)c2ccccc2C1(C)C.CSc1cc([N+](=O)[O-])cc(C=O)c1O.Cc1cc([N+](=O)[O-])cc2c1OC1(C=C2)N(Cc2ccc(-c3ccccc3)cc2)c2ccccc2C1(C)C. The fourth-order valence-electron chi connectivity index (χ4n) is 10.4. The second kappa shape index (κ2) is 22.2. The van der Waals surface area contributed by atoms with Gasteiger partial charge in [0.25, 0.3) is 11.4 Å². The van der Waals surface area contributed by atoms with Gasteiger partial charge in [-0.05, 0) is 101 Å². The summed E-state index contributed by atoms with van der Waals surface area (Å²) in [6.45, 7) is 16.7. The van der Waals surface area contributed by atoms with Gasteiger partial charge in [0.2, 0.25) is 5.72 Å². The number of carbonyl (C=O) groups excluding carboxylic acids is 1. The molecule has 1 N–H and O–H groups in total. The number of ether oxygens (including phenoxy) is 1. The zero-order valence-electron chi connectivity index (χ0n) is 43.3. The van der Waals surface area contributed by atoms with Crippen LogP contribution in [0.3, 0.4) is 0 Å². The van der Waals surface area contributed by atoms with E-state index >= 15 is 0 Å². The standard InChI is InChI=1S/C32H28N2O3.C24H23N.C8H7NO4S.CH4/c1-22-19-27(34(35)36)20-26-17-18-32(37-30(22)26)31(2,3)28-11-7-8-12-29(28)33(32)21-23-13-15-25(16-14-23)24-9-5-4-6-10-24;1-18-24(2,3)22-11-7-8-12-23(22)25(18)17-19-13-15-21(16-14-19)20-9-5-4-6-10-20;1-14-7-3-6(9(12)13)2-5(4-10)8(7)11;/h4-20H,21H2,1-3H3;4-16H,1,17H2,2-3H3;2-4,11H,1H3;1H4. The van der Waals surface area contributed by atoms with Crippen LogP contribution in [0, 0.1) is 27.2 Å². The van der Waals surface area contributed by atoms with Crippen LogP contribution >= 0.6 is 11.8 Å². The Morgan fingerprint density at radius 2 is 1.14 bits per heavy atom. The van der Waals surface area contributed by atoms with Gasteiger partial charge in [0.15, 0.2) is 6.29 Å². The number of hydrogen-bond acceptors (Lipinski definition) is 10. The van der Waals surface area contributed by atoms with Crippen molar-refractivity contribution >= 4 is 46.9 Å². The molecule has 1 unspecified atom stereocenters. The molecule has 8 aromatic carbocycles. The molecule has 0 saturated carbocycles. The van der Waals surface area contributed by atoms with Crippen molar-refractivity contribution < 1.29 is 24.5 Å². The second-order valence-electron chi connectivity index (χ2n) is 20.1. The number of thioether (sulfide) groups is 1. The van der Waals surface area contributed by atoms with Crippen LogP contribution in [0.25, 0.3) is 28.3 Å². The monoisotopic (exact) mass is 1040 g/mol. The van der Waals surface area contributed by atoms with Gasteiger partial charge in [0.1, 0.15) is 11.5 Å². The van der Waals surface area contributed by atoms with Crippen molar-refractivity contribution in [1.82, 2.24) is 0 Å².